The highest BCUT2D eigenvalue weighted by atomic mass is 32.1. The molecule has 0 aliphatic rings. The number of benzene rings is 4. The summed E-state index contributed by atoms with van der Waals surface area (Å²) < 4.78 is 5.59. The molecule has 112 valence electrons. The summed E-state index contributed by atoms with van der Waals surface area (Å²) in [6.07, 6.45) is 0. The van der Waals surface area contributed by atoms with Crippen molar-refractivity contribution < 1.29 is 0 Å². The van der Waals surface area contributed by atoms with Crippen molar-refractivity contribution in [3.05, 3.63) is 72.8 Å². The van der Waals surface area contributed by atoms with Crippen molar-refractivity contribution in [2.45, 2.75) is 0 Å². The van der Waals surface area contributed by atoms with Crippen molar-refractivity contribution >= 4 is 73.8 Å². The number of hydrogen-bond acceptors (Lipinski definition) is 2. The van der Waals surface area contributed by atoms with Gasteiger partial charge in [0.05, 0.1) is 0 Å². The molecule has 6 aromatic rings. The van der Waals surface area contributed by atoms with Gasteiger partial charge >= 0.3 is 0 Å². The highest BCUT2D eigenvalue weighted by Gasteiger charge is 2.13. The highest BCUT2D eigenvalue weighted by Crippen LogP contribution is 2.44. The lowest BCUT2D eigenvalue weighted by atomic mass is 10.0. The predicted molar refractivity (Wildman–Crippen MR) is 110 cm³/mol. The monoisotopic (exact) mass is 340 g/mol. The Bertz CT molecular complexity index is 1290. The fourth-order valence-corrected chi connectivity index (χ4v) is 6.36. The summed E-state index contributed by atoms with van der Waals surface area (Å²) in [6.45, 7) is 0. The molecule has 2 heteroatoms. The van der Waals surface area contributed by atoms with E-state index in [2.05, 4.69) is 72.8 Å². The van der Waals surface area contributed by atoms with Crippen LogP contribution in [-0.4, -0.2) is 0 Å². The van der Waals surface area contributed by atoms with Crippen molar-refractivity contribution in [1.29, 1.82) is 0 Å². The van der Waals surface area contributed by atoms with E-state index in [-0.39, 0.29) is 0 Å². The summed E-state index contributed by atoms with van der Waals surface area (Å²) in [5, 5.41) is 8.27. The predicted octanol–water partition coefficient (Wildman–Crippen LogP) is 7.58. The molecule has 2 aromatic heterocycles. The van der Waals surface area contributed by atoms with Gasteiger partial charge in [-0.05, 0) is 17.5 Å². The van der Waals surface area contributed by atoms with Gasteiger partial charge in [0.15, 0.2) is 0 Å². The van der Waals surface area contributed by atoms with E-state index < -0.39 is 0 Å². The summed E-state index contributed by atoms with van der Waals surface area (Å²) in [5.74, 6) is 0. The Kier molecular flexibility index (Phi) is 2.46. The van der Waals surface area contributed by atoms with Crippen LogP contribution in [0.5, 0.6) is 0 Å². The Hall–Kier alpha value is -2.42. The summed E-state index contributed by atoms with van der Waals surface area (Å²) in [7, 11) is 0. The second-order valence-electron chi connectivity index (χ2n) is 6.18. The maximum absolute atomic E-state index is 2.29. The van der Waals surface area contributed by atoms with E-state index in [0.717, 1.165) is 0 Å². The smallest absolute Gasteiger partial charge is 0.0448 e. The third-order valence-electron chi connectivity index (χ3n) is 4.87. The van der Waals surface area contributed by atoms with Crippen LogP contribution in [0.1, 0.15) is 0 Å². The van der Waals surface area contributed by atoms with Crippen LogP contribution in [0.25, 0.3) is 51.1 Å². The fraction of sp³-hybridized carbons (Fsp3) is 0. The number of rotatable bonds is 0. The zero-order chi connectivity index (χ0) is 15.7. The van der Waals surface area contributed by atoms with E-state index in [0.29, 0.717) is 0 Å². The van der Waals surface area contributed by atoms with Crippen LogP contribution in [0.2, 0.25) is 0 Å². The van der Waals surface area contributed by atoms with Gasteiger partial charge in [-0.25, -0.2) is 0 Å². The molecule has 0 bridgehead atoms. The van der Waals surface area contributed by atoms with Gasteiger partial charge in [0, 0.05) is 45.7 Å². The van der Waals surface area contributed by atoms with Crippen molar-refractivity contribution in [2.75, 3.05) is 0 Å². The number of thiophene rings is 2. The SMILES string of the molecule is c1ccc2c(c1)sc1c2ccc2ccc3c4ccccc4sc3c21. The molecular formula is C22H12S2. The Morgan fingerprint density at radius 3 is 1.50 bits per heavy atom. The van der Waals surface area contributed by atoms with Gasteiger partial charge in [0.2, 0.25) is 0 Å². The molecule has 24 heavy (non-hydrogen) atoms. The second kappa shape index (κ2) is 4.56. The fourth-order valence-electron chi connectivity index (χ4n) is 3.77. The summed E-state index contributed by atoms with van der Waals surface area (Å²) in [6, 6.07) is 26.6. The number of hydrogen-bond donors (Lipinski definition) is 0. The lowest BCUT2D eigenvalue weighted by Crippen LogP contribution is -1.74. The molecule has 0 amide bonds. The Labute approximate surface area is 146 Å². The molecule has 0 saturated heterocycles. The van der Waals surface area contributed by atoms with Crippen LogP contribution in [0.3, 0.4) is 0 Å². The Morgan fingerprint density at radius 2 is 0.958 bits per heavy atom. The molecule has 0 spiro atoms. The highest BCUT2D eigenvalue weighted by molar-refractivity contribution is 7.29. The van der Waals surface area contributed by atoms with E-state index in [1.165, 1.54) is 51.1 Å². The first-order valence-electron chi connectivity index (χ1n) is 8.04. The molecule has 2 heterocycles. The maximum atomic E-state index is 2.29. The van der Waals surface area contributed by atoms with Gasteiger partial charge in [-0.3, -0.25) is 0 Å². The van der Waals surface area contributed by atoms with Crippen LogP contribution in [0.4, 0.5) is 0 Å². The van der Waals surface area contributed by atoms with Gasteiger partial charge < -0.3 is 0 Å². The zero-order valence-corrected chi connectivity index (χ0v) is 14.4. The van der Waals surface area contributed by atoms with Gasteiger partial charge in [0.25, 0.3) is 0 Å². The molecule has 0 saturated carbocycles. The lowest BCUT2D eigenvalue weighted by Gasteiger charge is -2.02. The topological polar surface area (TPSA) is 0 Å². The Balaban J connectivity index is 1.95. The summed E-state index contributed by atoms with van der Waals surface area (Å²) in [4.78, 5) is 0. The molecular weight excluding hydrogens is 328 g/mol. The van der Waals surface area contributed by atoms with Gasteiger partial charge in [-0.15, -0.1) is 22.7 Å². The van der Waals surface area contributed by atoms with E-state index in [4.69, 9.17) is 0 Å². The second-order valence-corrected chi connectivity index (χ2v) is 8.28. The van der Waals surface area contributed by atoms with Crippen LogP contribution < -0.4 is 0 Å². The van der Waals surface area contributed by atoms with Gasteiger partial charge in [-0.1, -0.05) is 60.7 Å². The first-order valence-corrected chi connectivity index (χ1v) is 9.68. The summed E-state index contributed by atoms with van der Waals surface area (Å²) >= 11 is 3.85. The molecule has 0 atom stereocenters. The normalized spacial score (nSPS) is 12.2. The minimum atomic E-state index is 1.34. The van der Waals surface area contributed by atoms with Crippen molar-refractivity contribution in [1.82, 2.24) is 0 Å². The van der Waals surface area contributed by atoms with Gasteiger partial charge in [-0.2, -0.15) is 0 Å². The summed E-state index contributed by atoms with van der Waals surface area (Å²) in [5.41, 5.74) is 0. The molecule has 0 aliphatic heterocycles. The molecule has 0 N–H and O–H groups in total. The molecule has 0 radical (unpaired) electrons. The Morgan fingerprint density at radius 1 is 0.458 bits per heavy atom. The van der Waals surface area contributed by atoms with Crippen molar-refractivity contribution in [2.24, 2.45) is 0 Å². The van der Waals surface area contributed by atoms with Crippen LogP contribution >= 0.6 is 22.7 Å². The largest absolute Gasteiger partial charge is 0.134 e. The van der Waals surface area contributed by atoms with E-state index in [1.807, 2.05) is 22.7 Å². The van der Waals surface area contributed by atoms with E-state index in [9.17, 15) is 0 Å². The van der Waals surface area contributed by atoms with Crippen LogP contribution in [0.15, 0.2) is 72.8 Å². The van der Waals surface area contributed by atoms with Crippen LogP contribution in [-0.2, 0) is 0 Å². The quantitative estimate of drug-likeness (QED) is 0.267. The standard InChI is InChI=1S/C22H12S2/c1-3-7-18-14(5-1)16-11-9-13-10-12-17-15-6-2-4-8-19(15)24-22(17)20(13)21(16)23-18/h1-12H. The van der Waals surface area contributed by atoms with Crippen molar-refractivity contribution in [3.8, 4) is 0 Å². The average Bonchev–Trinajstić information content (AvgIpc) is 3.19. The van der Waals surface area contributed by atoms with Crippen molar-refractivity contribution in [3.63, 3.8) is 0 Å². The first-order chi connectivity index (χ1) is 11.9. The molecule has 0 unspecified atom stereocenters. The van der Waals surface area contributed by atoms with Gasteiger partial charge in [0.1, 0.15) is 0 Å². The molecule has 0 nitrogen and oxygen atoms in total. The molecule has 0 fully saturated rings. The lowest BCUT2D eigenvalue weighted by molar-refractivity contribution is 1.86. The number of fused-ring (bicyclic) bond motifs is 9. The minimum Gasteiger partial charge on any atom is -0.134 e. The van der Waals surface area contributed by atoms with E-state index in [1.54, 1.807) is 0 Å². The molecule has 4 aromatic carbocycles. The molecule has 6 rings (SSSR count). The third-order valence-corrected chi connectivity index (χ3v) is 7.28. The van der Waals surface area contributed by atoms with E-state index >= 15 is 0 Å². The van der Waals surface area contributed by atoms with Crippen LogP contribution in [0, 0.1) is 0 Å². The average molecular weight is 340 g/mol. The zero-order valence-electron chi connectivity index (χ0n) is 12.7. The third kappa shape index (κ3) is 1.57. The first kappa shape index (κ1) is 12.9. The minimum absolute atomic E-state index is 1.34. The maximum Gasteiger partial charge on any atom is 0.0448 e. The molecule has 0 aliphatic carbocycles.